The number of halogens is 1. The Morgan fingerprint density at radius 1 is 1.27 bits per heavy atom. The van der Waals surface area contributed by atoms with Crippen molar-refractivity contribution in [1.82, 2.24) is 15.1 Å². The van der Waals surface area contributed by atoms with E-state index in [9.17, 15) is 0 Å². The summed E-state index contributed by atoms with van der Waals surface area (Å²) in [5.74, 6) is 2.26. The third-order valence-electron chi connectivity index (χ3n) is 5.53. The molecule has 0 amide bonds. The summed E-state index contributed by atoms with van der Waals surface area (Å²) in [4.78, 5) is 10.1. The van der Waals surface area contributed by atoms with Crippen molar-refractivity contribution in [2.24, 2.45) is 4.99 Å². The lowest BCUT2D eigenvalue weighted by molar-refractivity contribution is 0.0793. The molecule has 0 saturated carbocycles. The van der Waals surface area contributed by atoms with E-state index in [4.69, 9.17) is 9.73 Å². The molecule has 5 nitrogen and oxygen atoms in total. The first-order valence-corrected chi connectivity index (χ1v) is 10.9. The molecule has 26 heavy (non-hydrogen) atoms. The van der Waals surface area contributed by atoms with Crippen LogP contribution in [0.2, 0.25) is 0 Å². The van der Waals surface area contributed by atoms with E-state index in [1.165, 1.54) is 6.42 Å². The minimum absolute atomic E-state index is 0. The van der Waals surface area contributed by atoms with Crippen LogP contribution in [-0.4, -0.2) is 84.8 Å². The Morgan fingerprint density at radius 3 is 2.65 bits per heavy atom. The molecule has 7 heteroatoms. The van der Waals surface area contributed by atoms with Gasteiger partial charge in [-0.25, -0.2) is 0 Å². The molecule has 3 rings (SSSR count). The van der Waals surface area contributed by atoms with Gasteiger partial charge in [-0.3, -0.25) is 9.89 Å². The summed E-state index contributed by atoms with van der Waals surface area (Å²) in [5.41, 5.74) is 0. The van der Waals surface area contributed by atoms with Crippen molar-refractivity contribution in [1.29, 1.82) is 0 Å². The molecule has 2 fully saturated rings. The van der Waals surface area contributed by atoms with Crippen molar-refractivity contribution in [2.75, 3.05) is 58.2 Å². The van der Waals surface area contributed by atoms with Gasteiger partial charge >= 0.3 is 0 Å². The normalized spacial score (nSPS) is 26.2. The van der Waals surface area contributed by atoms with Crippen molar-refractivity contribution >= 4 is 41.7 Å². The molecule has 0 aromatic heterocycles. The van der Waals surface area contributed by atoms with E-state index < -0.39 is 0 Å². The predicted molar refractivity (Wildman–Crippen MR) is 123 cm³/mol. The van der Waals surface area contributed by atoms with E-state index in [-0.39, 0.29) is 28.7 Å². The number of nitrogens with zero attached hydrogens (tertiary/aromatic N) is 3. The molecule has 0 aromatic rings. The van der Waals surface area contributed by atoms with Crippen LogP contribution in [0.1, 0.15) is 33.1 Å². The molecular formula is C19H35IN4OS. The summed E-state index contributed by atoms with van der Waals surface area (Å²) >= 11 is 2.07. The quantitative estimate of drug-likeness (QED) is 0.266. The van der Waals surface area contributed by atoms with Gasteiger partial charge in [-0.05, 0) is 31.9 Å². The van der Waals surface area contributed by atoms with Gasteiger partial charge in [0, 0.05) is 56.7 Å². The van der Waals surface area contributed by atoms with Gasteiger partial charge in [0.25, 0.3) is 0 Å². The Labute approximate surface area is 180 Å². The van der Waals surface area contributed by atoms with Crippen molar-refractivity contribution in [3.8, 4) is 0 Å². The van der Waals surface area contributed by atoms with Crippen LogP contribution in [0.5, 0.6) is 0 Å². The first-order chi connectivity index (χ1) is 12.3. The number of likely N-dealkylation sites (tertiary alicyclic amines) is 1. The molecule has 150 valence electrons. The second kappa shape index (κ2) is 11.1. The summed E-state index contributed by atoms with van der Waals surface area (Å²) < 4.78 is 5.87. The smallest absolute Gasteiger partial charge is 0.194 e. The molecule has 0 aliphatic carbocycles. The predicted octanol–water partition coefficient (Wildman–Crippen LogP) is 2.82. The standard InChI is InChI=1S/C19H34N4OS.HI/c1-3-20-18(21-16-19(25-4-2)8-13-24-14-9-19)23-12-7-17(15-23)22-10-5-6-11-22;/h5-6,17H,3-4,7-16H2,1-2H3,(H,20,21);1H. The first-order valence-electron chi connectivity index (χ1n) is 9.90. The van der Waals surface area contributed by atoms with Crippen LogP contribution in [0.3, 0.4) is 0 Å². The van der Waals surface area contributed by atoms with Crippen LogP contribution >= 0.6 is 35.7 Å². The topological polar surface area (TPSA) is 40.1 Å². The van der Waals surface area contributed by atoms with E-state index in [1.54, 1.807) is 0 Å². The highest BCUT2D eigenvalue weighted by Gasteiger charge is 2.34. The van der Waals surface area contributed by atoms with Gasteiger partial charge in [0.05, 0.1) is 6.54 Å². The molecule has 1 N–H and O–H groups in total. The highest BCUT2D eigenvalue weighted by Crippen LogP contribution is 2.35. The Morgan fingerprint density at radius 2 is 2.00 bits per heavy atom. The fourth-order valence-electron chi connectivity index (χ4n) is 4.07. The van der Waals surface area contributed by atoms with Gasteiger partial charge in [-0.2, -0.15) is 11.8 Å². The molecular weight excluding hydrogens is 459 g/mol. The number of rotatable bonds is 6. The van der Waals surface area contributed by atoms with Crippen molar-refractivity contribution < 1.29 is 4.74 Å². The Hall–Kier alpha value is 0.01000. The minimum Gasteiger partial charge on any atom is -0.381 e. The minimum atomic E-state index is 0. The van der Waals surface area contributed by atoms with Crippen molar-refractivity contribution in [2.45, 2.75) is 43.9 Å². The van der Waals surface area contributed by atoms with E-state index in [0.717, 1.165) is 77.0 Å². The average molecular weight is 494 g/mol. The highest BCUT2D eigenvalue weighted by atomic mass is 127. The summed E-state index contributed by atoms with van der Waals surface area (Å²) in [5, 5.41) is 3.54. The summed E-state index contributed by atoms with van der Waals surface area (Å²) in [7, 11) is 0. The van der Waals surface area contributed by atoms with E-state index in [2.05, 4.69) is 52.9 Å². The molecule has 0 spiro atoms. The van der Waals surface area contributed by atoms with Crippen molar-refractivity contribution in [3.63, 3.8) is 0 Å². The molecule has 1 unspecified atom stereocenters. The molecule has 3 heterocycles. The Balaban J connectivity index is 0.00000243. The van der Waals surface area contributed by atoms with Gasteiger partial charge in [0.1, 0.15) is 0 Å². The summed E-state index contributed by atoms with van der Waals surface area (Å²) in [6.07, 6.45) is 8.07. The van der Waals surface area contributed by atoms with E-state index >= 15 is 0 Å². The molecule has 3 aliphatic rings. The van der Waals surface area contributed by atoms with Crippen LogP contribution in [0.25, 0.3) is 0 Å². The molecule has 3 aliphatic heterocycles. The van der Waals surface area contributed by atoms with Crippen LogP contribution < -0.4 is 5.32 Å². The third kappa shape index (κ3) is 5.75. The maximum Gasteiger partial charge on any atom is 0.194 e. The number of hydrogen-bond donors (Lipinski definition) is 1. The molecule has 2 saturated heterocycles. The Bertz CT molecular complexity index is 469. The monoisotopic (exact) mass is 494 g/mol. The lowest BCUT2D eigenvalue weighted by atomic mass is 9.99. The summed E-state index contributed by atoms with van der Waals surface area (Å²) in [6.45, 7) is 12.5. The number of hydrogen-bond acceptors (Lipinski definition) is 4. The molecule has 0 aromatic carbocycles. The number of aliphatic imine (C=N–C) groups is 1. The fourth-order valence-corrected chi connectivity index (χ4v) is 5.29. The van der Waals surface area contributed by atoms with Gasteiger partial charge < -0.3 is 15.0 Å². The number of thioether (sulfide) groups is 1. The van der Waals surface area contributed by atoms with Crippen LogP contribution in [0.4, 0.5) is 0 Å². The van der Waals surface area contributed by atoms with Crippen LogP contribution in [0.15, 0.2) is 17.1 Å². The number of ether oxygens (including phenoxy) is 1. The number of guanidine groups is 1. The zero-order valence-corrected chi connectivity index (χ0v) is 19.4. The highest BCUT2D eigenvalue weighted by molar-refractivity contribution is 14.0. The van der Waals surface area contributed by atoms with Crippen molar-refractivity contribution in [3.05, 3.63) is 12.2 Å². The third-order valence-corrected chi connectivity index (χ3v) is 6.97. The molecule has 1 atom stereocenters. The summed E-state index contributed by atoms with van der Waals surface area (Å²) in [6, 6.07) is 0.668. The maximum absolute atomic E-state index is 5.60. The number of nitrogens with one attached hydrogen (secondary N) is 1. The fraction of sp³-hybridized carbons (Fsp3) is 0.842. The van der Waals surface area contributed by atoms with Crippen LogP contribution in [-0.2, 0) is 4.74 Å². The maximum atomic E-state index is 5.60. The van der Waals surface area contributed by atoms with Gasteiger partial charge in [0.15, 0.2) is 5.96 Å². The van der Waals surface area contributed by atoms with Crippen LogP contribution in [0, 0.1) is 0 Å². The largest absolute Gasteiger partial charge is 0.381 e. The Kier molecular flexibility index (Phi) is 9.54. The van der Waals surface area contributed by atoms with Gasteiger partial charge in [-0.1, -0.05) is 19.1 Å². The average Bonchev–Trinajstić information content (AvgIpc) is 3.31. The lowest BCUT2D eigenvalue weighted by Gasteiger charge is -2.35. The molecule has 0 bridgehead atoms. The lowest BCUT2D eigenvalue weighted by Crippen LogP contribution is -2.44. The zero-order valence-electron chi connectivity index (χ0n) is 16.3. The second-order valence-corrected chi connectivity index (χ2v) is 8.94. The second-order valence-electron chi connectivity index (χ2n) is 7.21. The SMILES string of the molecule is CCNC(=NCC1(SCC)CCOCC1)N1CCC(N2CC=CC2)C1.I. The van der Waals surface area contributed by atoms with Gasteiger partial charge in [-0.15, -0.1) is 24.0 Å². The zero-order chi connectivity index (χ0) is 17.5. The van der Waals surface area contributed by atoms with Gasteiger partial charge in [0.2, 0.25) is 0 Å². The van der Waals surface area contributed by atoms with E-state index in [1.807, 2.05) is 0 Å². The molecule has 0 radical (unpaired) electrons. The van der Waals surface area contributed by atoms with E-state index in [0.29, 0.717) is 6.04 Å². The first kappa shape index (κ1) is 22.3.